The van der Waals surface area contributed by atoms with Crippen LogP contribution in [-0.4, -0.2) is 42.3 Å². The largest absolute Gasteiger partial charge is 0.444 e. The molecule has 1 amide bonds. The van der Waals surface area contributed by atoms with Crippen LogP contribution in [0.15, 0.2) is 23.8 Å². The predicted octanol–water partition coefficient (Wildman–Crippen LogP) is 4.36. The fraction of sp³-hybridized carbons (Fsp3) is 0.550. The minimum atomic E-state index is -0.583. The molecule has 0 aliphatic carbocycles. The average Bonchev–Trinajstić information content (AvgIpc) is 2.54. The average molecular weight is 366 g/mol. The summed E-state index contributed by atoms with van der Waals surface area (Å²) in [5.74, 6) is -1.15. The van der Waals surface area contributed by atoms with Crippen molar-refractivity contribution in [3.8, 4) is 0 Å². The molecule has 1 unspecified atom stereocenters. The standard InChI is InChI=1S/C20H28F2N2O2/c1-14(10-15-7-8-16(21)11-18(15)22)12-23-17-6-5-9-24(13-17)19(25)26-20(2,3)4/h7-8,10-11,17,23H,5-6,9,12-13H2,1-4H3/b14-10+. The molecular weight excluding hydrogens is 338 g/mol. The van der Waals surface area contributed by atoms with Gasteiger partial charge < -0.3 is 15.0 Å². The van der Waals surface area contributed by atoms with E-state index >= 15 is 0 Å². The Morgan fingerprint density at radius 2 is 2.12 bits per heavy atom. The summed E-state index contributed by atoms with van der Waals surface area (Å²) >= 11 is 0. The number of nitrogens with zero attached hydrogens (tertiary/aromatic N) is 1. The molecular formula is C20H28F2N2O2. The highest BCUT2D eigenvalue weighted by Crippen LogP contribution is 2.16. The van der Waals surface area contributed by atoms with Gasteiger partial charge in [-0.05, 0) is 52.7 Å². The fourth-order valence-corrected chi connectivity index (χ4v) is 2.88. The van der Waals surface area contributed by atoms with E-state index in [1.165, 1.54) is 12.1 Å². The summed E-state index contributed by atoms with van der Waals surface area (Å²) in [4.78, 5) is 13.9. The number of piperidine rings is 1. The Morgan fingerprint density at radius 3 is 2.77 bits per heavy atom. The molecule has 0 saturated carbocycles. The normalized spacial score (nSPS) is 18.8. The Morgan fingerprint density at radius 1 is 1.38 bits per heavy atom. The number of hydrogen-bond acceptors (Lipinski definition) is 3. The molecule has 6 heteroatoms. The minimum Gasteiger partial charge on any atom is -0.444 e. The molecule has 1 aliphatic heterocycles. The van der Waals surface area contributed by atoms with Gasteiger partial charge in [0.15, 0.2) is 0 Å². The van der Waals surface area contributed by atoms with Crippen molar-refractivity contribution in [1.29, 1.82) is 0 Å². The number of benzene rings is 1. The first kappa shape index (κ1) is 20.4. The van der Waals surface area contributed by atoms with E-state index in [1.807, 2.05) is 27.7 Å². The number of ether oxygens (including phenoxy) is 1. The van der Waals surface area contributed by atoms with Crippen LogP contribution in [0.2, 0.25) is 0 Å². The van der Waals surface area contributed by atoms with Crippen LogP contribution >= 0.6 is 0 Å². The molecule has 1 aliphatic rings. The van der Waals surface area contributed by atoms with Crippen LogP contribution in [0.5, 0.6) is 0 Å². The molecule has 1 saturated heterocycles. The van der Waals surface area contributed by atoms with E-state index < -0.39 is 17.2 Å². The number of likely N-dealkylation sites (tertiary alicyclic amines) is 1. The maximum atomic E-state index is 13.7. The number of carbonyl (C=O) groups is 1. The zero-order valence-corrected chi connectivity index (χ0v) is 15.9. The lowest BCUT2D eigenvalue weighted by molar-refractivity contribution is 0.0189. The monoisotopic (exact) mass is 366 g/mol. The number of carbonyl (C=O) groups excluding carboxylic acids is 1. The number of halogens is 2. The van der Waals surface area contributed by atoms with Crippen molar-refractivity contribution in [2.45, 2.75) is 52.2 Å². The zero-order valence-electron chi connectivity index (χ0n) is 15.9. The van der Waals surface area contributed by atoms with Gasteiger partial charge in [-0.1, -0.05) is 11.6 Å². The van der Waals surface area contributed by atoms with Crippen LogP contribution in [0.1, 0.15) is 46.1 Å². The van der Waals surface area contributed by atoms with Gasteiger partial charge in [-0.2, -0.15) is 0 Å². The van der Waals surface area contributed by atoms with Crippen LogP contribution in [0.4, 0.5) is 13.6 Å². The summed E-state index contributed by atoms with van der Waals surface area (Å²) in [6.45, 7) is 9.32. The van der Waals surface area contributed by atoms with Crippen LogP contribution in [0.25, 0.3) is 6.08 Å². The van der Waals surface area contributed by atoms with Crippen molar-refractivity contribution < 1.29 is 18.3 Å². The molecule has 0 aromatic heterocycles. The SMILES string of the molecule is C/C(=C\c1ccc(F)cc1F)CNC1CCCN(C(=O)OC(C)(C)C)C1. The topological polar surface area (TPSA) is 41.6 Å². The van der Waals surface area contributed by atoms with Crippen LogP contribution in [-0.2, 0) is 4.74 Å². The van der Waals surface area contributed by atoms with Gasteiger partial charge in [-0.15, -0.1) is 0 Å². The Hall–Kier alpha value is -1.95. The molecule has 1 aromatic rings. The Bertz CT molecular complexity index is 668. The molecule has 4 nitrogen and oxygen atoms in total. The molecule has 1 fully saturated rings. The Labute approximate surface area is 154 Å². The molecule has 0 radical (unpaired) electrons. The number of rotatable bonds is 4. The lowest BCUT2D eigenvalue weighted by atomic mass is 10.1. The molecule has 0 bridgehead atoms. The summed E-state index contributed by atoms with van der Waals surface area (Å²) in [7, 11) is 0. The third-order valence-electron chi connectivity index (χ3n) is 4.11. The van der Waals surface area contributed by atoms with Gasteiger partial charge >= 0.3 is 6.09 Å². The summed E-state index contributed by atoms with van der Waals surface area (Å²) in [5, 5.41) is 3.41. The zero-order chi connectivity index (χ0) is 19.3. The van der Waals surface area contributed by atoms with Crippen LogP contribution in [0.3, 0.4) is 0 Å². The smallest absolute Gasteiger partial charge is 0.410 e. The van der Waals surface area contributed by atoms with E-state index in [9.17, 15) is 13.6 Å². The summed E-state index contributed by atoms with van der Waals surface area (Å²) in [6.07, 6.45) is 3.30. The van der Waals surface area contributed by atoms with E-state index in [0.29, 0.717) is 25.2 Å². The van der Waals surface area contributed by atoms with Gasteiger partial charge in [-0.3, -0.25) is 0 Å². The van der Waals surface area contributed by atoms with Crippen molar-refractivity contribution in [1.82, 2.24) is 10.2 Å². The number of nitrogens with one attached hydrogen (secondary N) is 1. The van der Waals surface area contributed by atoms with Gasteiger partial charge in [0, 0.05) is 37.3 Å². The van der Waals surface area contributed by atoms with E-state index in [1.54, 1.807) is 11.0 Å². The number of hydrogen-bond donors (Lipinski definition) is 1. The third kappa shape index (κ3) is 6.41. The second kappa shape index (κ2) is 8.62. The maximum Gasteiger partial charge on any atom is 0.410 e. The molecule has 1 aromatic carbocycles. The van der Waals surface area contributed by atoms with E-state index in [-0.39, 0.29) is 12.1 Å². The van der Waals surface area contributed by atoms with Crippen molar-refractivity contribution in [3.63, 3.8) is 0 Å². The fourth-order valence-electron chi connectivity index (χ4n) is 2.88. The van der Waals surface area contributed by atoms with Crippen LogP contribution < -0.4 is 5.32 Å². The highest BCUT2D eigenvalue weighted by molar-refractivity contribution is 5.68. The first-order chi connectivity index (χ1) is 12.1. The highest BCUT2D eigenvalue weighted by Gasteiger charge is 2.27. The van der Waals surface area contributed by atoms with E-state index in [2.05, 4.69) is 5.32 Å². The summed E-state index contributed by atoms with van der Waals surface area (Å²) in [6, 6.07) is 3.72. The van der Waals surface area contributed by atoms with Crippen molar-refractivity contribution in [3.05, 3.63) is 41.0 Å². The van der Waals surface area contributed by atoms with Gasteiger partial charge in [0.25, 0.3) is 0 Å². The van der Waals surface area contributed by atoms with Gasteiger partial charge in [0.1, 0.15) is 17.2 Å². The molecule has 1 heterocycles. The van der Waals surface area contributed by atoms with E-state index in [4.69, 9.17) is 4.74 Å². The highest BCUT2D eigenvalue weighted by atomic mass is 19.1. The van der Waals surface area contributed by atoms with Crippen molar-refractivity contribution in [2.75, 3.05) is 19.6 Å². The lowest BCUT2D eigenvalue weighted by Crippen LogP contribution is -2.49. The Kier molecular flexibility index (Phi) is 6.75. The minimum absolute atomic E-state index is 0.165. The molecule has 2 rings (SSSR count). The summed E-state index contributed by atoms with van der Waals surface area (Å²) < 4.78 is 32.1. The van der Waals surface area contributed by atoms with Crippen LogP contribution in [0, 0.1) is 11.6 Å². The van der Waals surface area contributed by atoms with E-state index in [0.717, 1.165) is 24.5 Å². The second-order valence-electron chi connectivity index (χ2n) is 7.80. The Balaban J connectivity index is 1.88. The summed E-state index contributed by atoms with van der Waals surface area (Å²) in [5.41, 5.74) is 0.797. The third-order valence-corrected chi connectivity index (χ3v) is 4.11. The van der Waals surface area contributed by atoms with Crippen molar-refractivity contribution in [2.24, 2.45) is 0 Å². The van der Waals surface area contributed by atoms with Gasteiger partial charge in [-0.25, -0.2) is 13.6 Å². The molecule has 26 heavy (non-hydrogen) atoms. The first-order valence-corrected chi connectivity index (χ1v) is 8.97. The molecule has 1 N–H and O–H groups in total. The molecule has 1 atom stereocenters. The quantitative estimate of drug-likeness (QED) is 0.861. The lowest BCUT2D eigenvalue weighted by Gasteiger charge is -2.34. The first-order valence-electron chi connectivity index (χ1n) is 8.97. The van der Waals surface area contributed by atoms with Gasteiger partial charge in [0.2, 0.25) is 0 Å². The number of amides is 1. The van der Waals surface area contributed by atoms with Gasteiger partial charge in [0.05, 0.1) is 0 Å². The second-order valence-corrected chi connectivity index (χ2v) is 7.80. The predicted molar refractivity (Wildman–Crippen MR) is 98.8 cm³/mol. The molecule has 0 spiro atoms. The van der Waals surface area contributed by atoms with Crippen molar-refractivity contribution >= 4 is 12.2 Å². The molecule has 144 valence electrons. The maximum absolute atomic E-state index is 13.7.